The van der Waals surface area contributed by atoms with Crippen molar-refractivity contribution in [2.75, 3.05) is 27.2 Å². The van der Waals surface area contributed by atoms with Crippen molar-refractivity contribution < 1.29 is 23.9 Å². The van der Waals surface area contributed by atoms with Crippen LogP contribution in [0.5, 0.6) is 0 Å². The van der Waals surface area contributed by atoms with E-state index in [1.165, 1.54) is 116 Å². The van der Waals surface area contributed by atoms with Gasteiger partial charge in [-0.1, -0.05) is 171 Å². The summed E-state index contributed by atoms with van der Waals surface area (Å²) in [6.07, 6.45) is 59.6. The van der Waals surface area contributed by atoms with E-state index in [2.05, 4.69) is 86.8 Å². The predicted molar refractivity (Wildman–Crippen MR) is 276 cm³/mol. The number of ether oxygens (including phenoxy) is 2. The summed E-state index contributed by atoms with van der Waals surface area (Å²) in [6, 6.07) is -0.860. The summed E-state index contributed by atoms with van der Waals surface area (Å²) in [7, 11) is 3.96. The molecule has 0 spiro atoms. The van der Waals surface area contributed by atoms with Gasteiger partial charge in [0.05, 0.1) is 6.61 Å². The number of amides is 1. The van der Waals surface area contributed by atoms with Crippen LogP contribution in [0, 0.1) is 0 Å². The van der Waals surface area contributed by atoms with Crippen LogP contribution in [-0.4, -0.2) is 62.1 Å². The third-order valence-electron chi connectivity index (χ3n) is 11.7. The van der Waals surface area contributed by atoms with E-state index in [0.717, 1.165) is 90.0 Å². The van der Waals surface area contributed by atoms with Crippen molar-refractivity contribution in [1.29, 1.82) is 0 Å². The van der Waals surface area contributed by atoms with Crippen molar-refractivity contribution in [3.05, 3.63) is 60.8 Å². The normalized spacial score (nSPS) is 13.1. The largest absolute Gasteiger partial charge is 0.464 e. The molecule has 0 aromatic heterocycles. The summed E-state index contributed by atoms with van der Waals surface area (Å²) in [5, 5.41) is 2.89. The van der Waals surface area contributed by atoms with Crippen molar-refractivity contribution in [3.63, 3.8) is 0 Å². The lowest BCUT2D eigenvalue weighted by Gasteiger charge is -2.20. The van der Waals surface area contributed by atoms with Gasteiger partial charge in [0, 0.05) is 12.8 Å². The zero-order valence-electron chi connectivity index (χ0n) is 42.6. The number of rotatable bonds is 47. The van der Waals surface area contributed by atoms with Gasteiger partial charge in [-0.25, -0.2) is 4.79 Å². The third-order valence-corrected chi connectivity index (χ3v) is 11.7. The first-order valence-electron chi connectivity index (χ1n) is 26.9. The zero-order valence-corrected chi connectivity index (χ0v) is 42.6. The van der Waals surface area contributed by atoms with E-state index < -0.39 is 12.0 Å². The maximum absolute atomic E-state index is 13.3. The van der Waals surface area contributed by atoms with Gasteiger partial charge in [-0.2, -0.15) is 0 Å². The number of allylic oxidation sites excluding steroid dienone is 10. The molecule has 1 N–H and O–H groups in total. The van der Waals surface area contributed by atoms with Gasteiger partial charge < -0.3 is 19.7 Å². The van der Waals surface area contributed by atoms with Gasteiger partial charge in [0.15, 0.2) is 0 Å². The zero-order chi connectivity index (χ0) is 46.8. The van der Waals surface area contributed by atoms with Crippen LogP contribution in [0.4, 0.5) is 0 Å². The number of nitrogens with one attached hydrogen (secondary N) is 1. The highest BCUT2D eigenvalue weighted by atomic mass is 16.5. The maximum Gasteiger partial charge on any atom is 0.328 e. The first kappa shape index (κ1) is 61.1. The summed E-state index contributed by atoms with van der Waals surface area (Å²) in [4.78, 5) is 41.5. The fourth-order valence-corrected chi connectivity index (χ4v) is 7.59. The van der Waals surface area contributed by atoms with Crippen LogP contribution in [-0.2, 0) is 23.9 Å². The number of unbranched alkanes of at least 4 members (excludes halogenated alkanes) is 21. The second-order valence-electron chi connectivity index (χ2n) is 18.3. The fraction of sp³-hybridized carbons (Fsp3) is 0.772. The molecule has 0 aliphatic carbocycles. The monoisotopic (exact) mass is 895 g/mol. The van der Waals surface area contributed by atoms with Gasteiger partial charge in [0.2, 0.25) is 5.91 Å². The fourth-order valence-electron chi connectivity index (χ4n) is 7.59. The van der Waals surface area contributed by atoms with E-state index in [1.54, 1.807) is 0 Å². The summed E-state index contributed by atoms with van der Waals surface area (Å²) in [5.74, 6) is -0.948. The Kier molecular flexibility index (Phi) is 47.2. The molecule has 0 aromatic rings. The van der Waals surface area contributed by atoms with E-state index in [0.29, 0.717) is 19.4 Å². The molecular formula is C57H102N2O5. The summed E-state index contributed by atoms with van der Waals surface area (Å²) in [5.41, 5.74) is 0. The van der Waals surface area contributed by atoms with Crippen LogP contribution in [0.1, 0.15) is 245 Å². The average molecular weight is 895 g/mol. The van der Waals surface area contributed by atoms with Gasteiger partial charge in [-0.3, -0.25) is 9.59 Å². The molecule has 2 atom stereocenters. The molecule has 64 heavy (non-hydrogen) atoms. The van der Waals surface area contributed by atoms with E-state index in [-0.39, 0.29) is 30.8 Å². The van der Waals surface area contributed by atoms with Crippen LogP contribution in [0.2, 0.25) is 0 Å². The topological polar surface area (TPSA) is 84.9 Å². The number of carbonyl (C=O) groups excluding carboxylic acids is 3. The van der Waals surface area contributed by atoms with Crippen LogP contribution in [0.25, 0.3) is 0 Å². The SMILES string of the molecule is CCCCC/C=C\C/C=C\CCCCCCCCOC(=O)C(CCC(=O)OC(CC/C=C\CCCCC)CCCCCCCC/C=C\C/C=C\CCCCC)NC(=O)CCCN(C)C. The molecule has 0 aromatic carbocycles. The molecule has 370 valence electrons. The van der Waals surface area contributed by atoms with Crippen molar-refractivity contribution in [2.45, 2.75) is 258 Å². The van der Waals surface area contributed by atoms with Crippen LogP contribution in [0.15, 0.2) is 60.8 Å². The van der Waals surface area contributed by atoms with Crippen molar-refractivity contribution in [1.82, 2.24) is 10.2 Å². The lowest BCUT2D eigenvalue weighted by atomic mass is 10.0. The lowest BCUT2D eigenvalue weighted by molar-refractivity contribution is -0.152. The summed E-state index contributed by atoms with van der Waals surface area (Å²) in [6.45, 7) is 7.83. The Morgan fingerprint density at radius 3 is 1.41 bits per heavy atom. The molecule has 0 saturated carbocycles. The lowest BCUT2D eigenvalue weighted by Crippen LogP contribution is -2.42. The molecule has 0 aliphatic rings. The van der Waals surface area contributed by atoms with Gasteiger partial charge in [-0.05, 0) is 143 Å². The summed E-state index contributed by atoms with van der Waals surface area (Å²) >= 11 is 0. The highest BCUT2D eigenvalue weighted by molar-refractivity contribution is 5.85. The van der Waals surface area contributed by atoms with Gasteiger partial charge in [-0.15, -0.1) is 0 Å². The van der Waals surface area contributed by atoms with Crippen molar-refractivity contribution >= 4 is 17.8 Å². The van der Waals surface area contributed by atoms with Crippen LogP contribution in [0.3, 0.4) is 0 Å². The standard InChI is InChI=1S/C57H102N2O5/c1-6-9-12-15-18-20-22-24-26-28-30-32-34-37-40-43-47-53(46-42-39-36-17-14-11-8-3)64-56(61)50-49-54(58-55(60)48-45-51-59(4)5)57(62)63-52-44-41-38-35-33-31-29-27-25-23-21-19-16-13-10-7-2/h18-21,24-27,36,39,53-54H,6-17,22-23,28-35,37-38,40-52H2,1-5H3,(H,58,60)/b20-18-,21-19-,26-24-,27-25-,39-36-. The molecule has 0 bridgehead atoms. The average Bonchev–Trinajstić information content (AvgIpc) is 3.27. The highest BCUT2D eigenvalue weighted by Crippen LogP contribution is 2.18. The number of nitrogens with zero attached hydrogens (tertiary/aromatic N) is 1. The quantitative estimate of drug-likeness (QED) is 0.0372. The predicted octanol–water partition coefficient (Wildman–Crippen LogP) is 16.0. The first-order valence-corrected chi connectivity index (χ1v) is 26.9. The number of hydrogen-bond donors (Lipinski definition) is 1. The van der Waals surface area contributed by atoms with Gasteiger partial charge >= 0.3 is 11.9 Å². The number of esters is 2. The molecule has 0 aliphatic heterocycles. The van der Waals surface area contributed by atoms with Gasteiger partial charge in [0.25, 0.3) is 0 Å². The third kappa shape index (κ3) is 45.6. The molecule has 1 amide bonds. The minimum atomic E-state index is -0.860. The minimum Gasteiger partial charge on any atom is -0.464 e. The van der Waals surface area contributed by atoms with Crippen LogP contribution < -0.4 is 5.32 Å². The Labute approximate surface area is 396 Å². The highest BCUT2D eigenvalue weighted by Gasteiger charge is 2.24. The minimum absolute atomic E-state index is 0.0652. The van der Waals surface area contributed by atoms with E-state index >= 15 is 0 Å². The molecule has 0 rings (SSSR count). The van der Waals surface area contributed by atoms with E-state index in [4.69, 9.17) is 9.47 Å². The second-order valence-corrected chi connectivity index (χ2v) is 18.3. The Hall–Kier alpha value is -2.93. The second kappa shape index (κ2) is 49.5. The first-order chi connectivity index (χ1) is 31.3. The smallest absolute Gasteiger partial charge is 0.328 e. The Morgan fingerprint density at radius 2 is 0.906 bits per heavy atom. The molecule has 0 fully saturated rings. The summed E-state index contributed by atoms with van der Waals surface area (Å²) < 4.78 is 11.8. The van der Waals surface area contributed by atoms with Gasteiger partial charge in [0.1, 0.15) is 12.1 Å². The van der Waals surface area contributed by atoms with E-state index in [1.807, 2.05) is 19.0 Å². The molecule has 0 saturated heterocycles. The Morgan fingerprint density at radius 1 is 0.469 bits per heavy atom. The molecule has 7 heteroatoms. The van der Waals surface area contributed by atoms with Crippen molar-refractivity contribution in [3.8, 4) is 0 Å². The van der Waals surface area contributed by atoms with Crippen molar-refractivity contribution in [2.24, 2.45) is 0 Å². The number of hydrogen-bond acceptors (Lipinski definition) is 6. The Bertz CT molecular complexity index is 1200. The molecule has 2 unspecified atom stereocenters. The molecule has 0 heterocycles. The maximum atomic E-state index is 13.3. The molecular weight excluding hydrogens is 793 g/mol. The Balaban J connectivity index is 4.84. The van der Waals surface area contributed by atoms with E-state index in [9.17, 15) is 14.4 Å². The number of carbonyl (C=O) groups is 3. The molecule has 0 radical (unpaired) electrons. The molecule has 7 nitrogen and oxygen atoms in total. The van der Waals surface area contributed by atoms with Crippen LogP contribution >= 0.6 is 0 Å².